The van der Waals surface area contributed by atoms with Gasteiger partial charge in [0.25, 0.3) is 0 Å². The Morgan fingerprint density at radius 1 is 1.07 bits per heavy atom. The third-order valence-electron chi connectivity index (χ3n) is 5.46. The smallest absolute Gasteiger partial charge is 0.203 e. The van der Waals surface area contributed by atoms with Crippen molar-refractivity contribution in [3.05, 3.63) is 65.5 Å². The van der Waals surface area contributed by atoms with Crippen LogP contribution in [0.25, 0.3) is 11.1 Å². The molecular weight excluding hydrogens is 380 g/mol. The first-order valence-corrected chi connectivity index (χ1v) is 10.6. The Morgan fingerprint density at radius 2 is 1.83 bits per heavy atom. The number of rotatable bonds is 8. The second kappa shape index (κ2) is 9.93. The van der Waals surface area contributed by atoms with Gasteiger partial charge in [-0.05, 0) is 49.3 Å². The SMILES string of the molecule is CCOC(OCC)c1ccc(-c2ccccc2C2CCOC(c3nn[nH]n3)C2)cc1. The van der Waals surface area contributed by atoms with E-state index < -0.39 is 0 Å². The second-order valence-electron chi connectivity index (χ2n) is 7.30. The van der Waals surface area contributed by atoms with Gasteiger partial charge in [0, 0.05) is 25.4 Å². The minimum atomic E-state index is -0.324. The monoisotopic (exact) mass is 408 g/mol. The average Bonchev–Trinajstić information content (AvgIpc) is 3.34. The van der Waals surface area contributed by atoms with Gasteiger partial charge in [-0.2, -0.15) is 5.21 Å². The topological polar surface area (TPSA) is 82.1 Å². The summed E-state index contributed by atoms with van der Waals surface area (Å²) >= 11 is 0. The molecular formula is C23H28N4O3. The Labute approximate surface area is 176 Å². The van der Waals surface area contributed by atoms with Crippen molar-refractivity contribution in [2.75, 3.05) is 19.8 Å². The van der Waals surface area contributed by atoms with Crippen LogP contribution in [-0.2, 0) is 14.2 Å². The molecule has 0 bridgehead atoms. The molecule has 0 spiro atoms. The van der Waals surface area contributed by atoms with E-state index in [1.54, 1.807) is 0 Å². The average molecular weight is 409 g/mol. The molecule has 0 aliphatic carbocycles. The van der Waals surface area contributed by atoms with E-state index in [0.717, 1.165) is 18.4 Å². The van der Waals surface area contributed by atoms with Gasteiger partial charge in [0.05, 0.1) is 0 Å². The number of nitrogens with one attached hydrogen (secondary N) is 1. The number of aromatic nitrogens is 4. The van der Waals surface area contributed by atoms with Gasteiger partial charge in [-0.25, -0.2) is 0 Å². The van der Waals surface area contributed by atoms with Crippen molar-refractivity contribution < 1.29 is 14.2 Å². The molecule has 2 aromatic carbocycles. The highest BCUT2D eigenvalue weighted by Crippen LogP contribution is 2.40. The lowest BCUT2D eigenvalue weighted by atomic mass is 9.83. The standard InChI is InChI=1S/C23H28N4O3/c1-3-28-23(29-4-2)17-11-9-16(10-12-17)19-7-5-6-8-20(19)18-13-14-30-21(15-18)22-24-26-27-25-22/h5-12,18,21,23H,3-4,13-15H2,1-2H3,(H,24,25,26,27). The number of ether oxygens (including phenoxy) is 3. The van der Waals surface area contributed by atoms with Crippen molar-refractivity contribution in [3.63, 3.8) is 0 Å². The van der Waals surface area contributed by atoms with Crippen LogP contribution in [-0.4, -0.2) is 40.4 Å². The van der Waals surface area contributed by atoms with Gasteiger partial charge in [-0.1, -0.05) is 53.7 Å². The molecule has 7 heteroatoms. The predicted octanol–water partition coefficient (Wildman–Crippen LogP) is 4.57. The van der Waals surface area contributed by atoms with Crippen LogP contribution in [0.2, 0.25) is 0 Å². The third-order valence-corrected chi connectivity index (χ3v) is 5.46. The van der Waals surface area contributed by atoms with Crippen molar-refractivity contribution >= 4 is 0 Å². The molecule has 30 heavy (non-hydrogen) atoms. The molecule has 3 aromatic rings. The fourth-order valence-corrected chi connectivity index (χ4v) is 4.04. The Balaban J connectivity index is 1.57. The fraction of sp³-hybridized carbons (Fsp3) is 0.435. The Bertz CT molecular complexity index is 908. The zero-order valence-corrected chi connectivity index (χ0v) is 17.5. The summed E-state index contributed by atoms with van der Waals surface area (Å²) in [6, 6.07) is 17.1. The molecule has 4 rings (SSSR count). The molecule has 0 radical (unpaired) electrons. The van der Waals surface area contributed by atoms with Gasteiger partial charge in [-0.15, -0.1) is 10.2 Å². The van der Waals surface area contributed by atoms with Crippen LogP contribution in [0.15, 0.2) is 48.5 Å². The molecule has 2 atom stereocenters. The lowest BCUT2D eigenvalue weighted by Gasteiger charge is -2.29. The highest BCUT2D eigenvalue weighted by Gasteiger charge is 2.29. The molecule has 7 nitrogen and oxygen atoms in total. The quantitative estimate of drug-likeness (QED) is 0.550. The van der Waals surface area contributed by atoms with Crippen LogP contribution in [0, 0.1) is 0 Å². The van der Waals surface area contributed by atoms with E-state index in [0.29, 0.717) is 31.6 Å². The summed E-state index contributed by atoms with van der Waals surface area (Å²) in [5.41, 5.74) is 4.78. The van der Waals surface area contributed by atoms with Gasteiger partial charge in [0.2, 0.25) is 5.82 Å². The van der Waals surface area contributed by atoms with E-state index in [9.17, 15) is 0 Å². The lowest BCUT2D eigenvalue weighted by Crippen LogP contribution is -2.20. The maximum Gasteiger partial charge on any atom is 0.203 e. The molecule has 1 aliphatic rings. The van der Waals surface area contributed by atoms with Crippen LogP contribution in [0.4, 0.5) is 0 Å². The highest BCUT2D eigenvalue weighted by atomic mass is 16.7. The van der Waals surface area contributed by atoms with E-state index in [2.05, 4.69) is 69.2 Å². The summed E-state index contributed by atoms with van der Waals surface area (Å²) in [6.07, 6.45) is 1.36. The van der Waals surface area contributed by atoms with Crippen molar-refractivity contribution in [2.45, 2.75) is 45.0 Å². The van der Waals surface area contributed by atoms with E-state index in [4.69, 9.17) is 14.2 Å². The molecule has 1 saturated heterocycles. The first kappa shape index (κ1) is 20.7. The van der Waals surface area contributed by atoms with Crippen LogP contribution < -0.4 is 0 Å². The molecule has 1 N–H and O–H groups in total. The van der Waals surface area contributed by atoms with E-state index in [1.165, 1.54) is 16.7 Å². The van der Waals surface area contributed by atoms with Crippen molar-refractivity contribution in [3.8, 4) is 11.1 Å². The lowest BCUT2D eigenvalue weighted by molar-refractivity contribution is -0.140. The number of benzene rings is 2. The molecule has 0 amide bonds. The molecule has 158 valence electrons. The van der Waals surface area contributed by atoms with Crippen molar-refractivity contribution in [1.29, 1.82) is 0 Å². The fourth-order valence-electron chi connectivity index (χ4n) is 4.04. The largest absolute Gasteiger partial charge is 0.370 e. The number of aromatic amines is 1. The van der Waals surface area contributed by atoms with Crippen LogP contribution in [0.1, 0.15) is 62.0 Å². The first-order chi connectivity index (χ1) is 14.8. The predicted molar refractivity (Wildman–Crippen MR) is 113 cm³/mol. The zero-order chi connectivity index (χ0) is 20.8. The maximum atomic E-state index is 5.89. The van der Waals surface area contributed by atoms with Crippen molar-refractivity contribution in [2.24, 2.45) is 0 Å². The number of hydrogen-bond donors (Lipinski definition) is 1. The summed E-state index contributed by atoms with van der Waals surface area (Å²) in [4.78, 5) is 0. The molecule has 0 saturated carbocycles. The summed E-state index contributed by atoms with van der Waals surface area (Å²) in [5.74, 6) is 0.997. The van der Waals surface area contributed by atoms with Crippen molar-refractivity contribution in [1.82, 2.24) is 20.6 Å². The van der Waals surface area contributed by atoms with E-state index in [-0.39, 0.29) is 12.4 Å². The summed E-state index contributed by atoms with van der Waals surface area (Å²) < 4.78 is 17.3. The van der Waals surface area contributed by atoms with Gasteiger partial charge < -0.3 is 14.2 Å². The van der Waals surface area contributed by atoms with Gasteiger partial charge in [0.1, 0.15) is 6.10 Å². The molecule has 1 aliphatic heterocycles. The van der Waals surface area contributed by atoms with Crippen LogP contribution >= 0.6 is 0 Å². The van der Waals surface area contributed by atoms with Gasteiger partial charge >= 0.3 is 0 Å². The minimum absolute atomic E-state index is 0.129. The van der Waals surface area contributed by atoms with E-state index >= 15 is 0 Å². The van der Waals surface area contributed by atoms with Gasteiger partial charge in [0.15, 0.2) is 6.29 Å². The third kappa shape index (κ3) is 4.59. The zero-order valence-electron chi connectivity index (χ0n) is 17.5. The first-order valence-electron chi connectivity index (χ1n) is 10.6. The number of hydrogen-bond acceptors (Lipinski definition) is 6. The highest BCUT2D eigenvalue weighted by molar-refractivity contribution is 5.68. The molecule has 2 unspecified atom stereocenters. The Kier molecular flexibility index (Phi) is 6.84. The Morgan fingerprint density at radius 3 is 2.53 bits per heavy atom. The molecule has 1 fully saturated rings. The summed E-state index contributed by atoms with van der Waals surface area (Å²) in [6.45, 7) is 5.86. The summed E-state index contributed by atoms with van der Waals surface area (Å²) in [5, 5.41) is 14.4. The number of nitrogens with zero attached hydrogens (tertiary/aromatic N) is 3. The van der Waals surface area contributed by atoms with Gasteiger partial charge in [-0.3, -0.25) is 0 Å². The number of H-pyrrole nitrogens is 1. The summed E-state index contributed by atoms with van der Waals surface area (Å²) in [7, 11) is 0. The maximum absolute atomic E-state index is 5.89. The second-order valence-corrected chi connectivity index (χ2v) is 7.30. The normalized spacial score (nSPS) is 19.3. The number of tetrazole rings is 1. The Hall–Kier alpha value is -2.61. The minimum Gasteiger partial charge on any atom is -0.370 e. The van der Waals surface area contributed by atoms with E-state index in [1.807, 2.05) is 13.8 Å². The molecule has 2 heterocycles. The molecule has 1 aromatic heterocycles. The van der Waals surface area contributed by atoms with Crippen LogP contribution in [0.5, 0.6) is 0 Å². The van der Waals surface area contributed by atoms with Crippen LogP contribution in [0.3, 0.4) is 0 Å².